The van der Waals surface area contributed by atoms with E-state index in [4.69, 9.17) is 5.73 Å². The van der Waals surface area contributed by atoms with Crippen LogP contribution in [0.15, 0.2) is 36.5 Å². The fraction of sp³-hybridized carbons (Fsp3) is 0.231. The second-order valence-corrected chi connectivity index (χ2v) is 4.16. The van der Waals surface area contributed by atoms with Crippen LogP contribution in [0.5, 0.6) is 0 Å². The number of pyridine rings is 2. The SMILES string of the molecule is Nc1cc(C(F)(F)F)cc(NCCc2ccccn2)n1. The number of anilines is 2. The highest BCUT2D eigenvalue weighted by Gasteiger charge is 2.31. The van der Waals surface area contributed by atoms with Crippen LogP contribution in [0, 0.1) is 0 Å². The Labute approximate surface area is 113 Å². The van der Waals surface area contributed by atoms with Crippen molar-refractivity contribution in [3.05, 3.63) is 47.8 Å². The Balaban J connectivity index is 2.01. The number of nitrogens with zero attached hydrogens (tertiary/aromatic N) is 2. The summed E-state index contributed by atoms with van der Waals surface area (Å²) < 4.78 is 37.8. The van der Waals surface area contributed by atoms with Crippen molar-refractivity contribution in [1.82, 2.24) is 9.97 Å². The Kier molecular flexibility index (Phi) is 4.07. The molecule has 0 aromatic carbocycles. The van der Waals surface area contributed by atoms with Crippen LogP contribution in [0.3, 0.4) is 0 Å². The van der Waals surface area contributed by atoms with Gasteiger partial charge < -0.3 is 11.1 Å². The van der Waals surface area contributed by atoms with Crippen molar-refractivity contribution in [3.63, 3.8) is 0 Å². The summed E-state index contributed by atoms with van der Waals surface area (Å²) in [7, 11) is 0. The van der Waals surface area contributed by atoms with Gasteiger partial charge in [-0.25, -0.2) is 4.98 Å². The van der Waals surface area contributed by atoms with Crippen LogP contribution in [-0.4, -0.2) is 16.5 Å². The highest BCUT2D eigenvalue weighted by Crippen LogP contribution is 2.31. The summed E-state index contributed by atoms with van der Waals surface area (Å²) in [4.78, 5) is 7.94. The predicted octanol–water partition coefficient (Wildman–Crippen LogP) is 2.73. The smallest absolute Gasteiger partial charge is 0.384 e. The molecule has 4 nitrogen and oxygen atoms in total. The lowest BCUT2D eigenvalue weighted by atomic mass is 10.2. The van der Waals surface area contributed by atoms with Gasteiger partial charge in [-0.3, -0.25) is 4.98 Å². The molecule has 0 amide bonds. The molecule has 7 heteroatoms. The Morgan fingerprint density at radius 1 is 1.20 bits per heavy atom. The van der Waals surface area contributed by atoms with E-state index < -0.39 is 11.7 Å². The molecule has 0 spiro atoms. The molecule has 0 saturated carbocycles. The maximum atomic E-state index is 12.6. The first-order valence-corrected chi connectivity index (χ1v) is 5.94. The average molecular weight is 282 g/mol. The second-order valence-electron chi connectivity index (χ2n) is 4.16. The average Bonchev–Trinajstić information content (AvgIpc) is 2.38. The first-order chi connectivity index (χ1) is 9.45. The number of nitrogens with two attached hydrogens (primary N) is 1. The molecule has 20 heavy (non-hydrogen) atoms. The lowest BCUT2D eigenvalue weighted by molar-refractivity contribution is -0.137. The molecule has 2 aromatic rings. The Bertz CT molecular complexity index is 570. The Morgan fingerprint density at radius 3 is 2.65 bits per heavy atom. The third-order valence-corrected chi connectivity index (χ3v) is 2.59. The molecule has 0 aliphatic carbocycles. The molecular formula is C13H13F3N4. The molecule has 0 radical (unpaired) electrons. The van der Waals surface area contributed by atoms with Crippen molar-refractivity contribution in [2.24, 2.45) is 0 Å². The van der Waals surface area contributed by atoms with E-state index in [-0.39, 0.29) is 11.6 Å². The Hall–Kier alpha value is -2.31. The van der Waals surface area contributed by atoms with E-state index >= 15 is 0 Å². The number of hydrogen-bond donors (Lipinski definition) is 2. The van der Waals surface area contributed by atoms with Crippen LogP contribution in [-0.2, 0) is 12.6 Å². The van der Waals surface area contributed by atoms with Gasteiger partial charge in [0.2, 0.25) is 0 Å². The van der Waals surface area contributed by atoms with Gasteiger partial charge in [-0.1, -0.05) is 6.07 Å². The van der Waals surface area contributed by atoms with Crippen molar-refractivity contribution in [2.45, 2.75) is 12.6 Å². The van der Waals surface area contributed by atoms with Crippen molar-refractivity contribution in [2.75, 3.05) is 17.6 Å². The molecule has 2 aromatic heterocycles. The molecule has 2 rings (SSSR count). The molecule has 0 fully saturated rings. The number of nitrogen functional groups attached to an aromatic ring is 1. The lowest BCUT2D eigenvalue weighted by Gasteiger charge is -2.11. The van der Waals surface area contributed by atoms with E-state index in [2.05, 4.69) is 15.3 Å². The summed E-state index contributed by atoms with van der Waals surface area (Å²) in [6.45, 7) is 0.421. The van der Waals surface area contributed by atoms with E-state index in [0.29, 0.717) is 13.0 Å². The molecule has 2 heterocycles. The predicted molar refractivity (Wildman–Crippen MR) is 70.1 cm³/mol. The zero-order valence-corrected chi connectivity index (χ0v) is 10.5. The highest BCUT2D eigenvalue weighted by molar-refractivity contribution is 5.47. The monoisotopic (exact) mass is 282 g/mol. The van der Waals surface area contributed by atoms with Gasteiger partial charge in [0.1, 0.15) is 11.6 Å². The third-order valence-electron chi connectivity index (χ3n) is 2.59. The quantitative estimate of drug-likeness (QED) is 0.905. The highest BCUT2D eigenvalue weighted by atomic mass is 19.4. The minimum absolute atomic E-state index is 0.105. The van der Waals surface area contributed by atoms with E-state index in [1.54, 1.807) is 12.3 Å². The van der Waals surface area contributed by atoms with Gasteiger partial charge in [0.05, 0.1) is 5.56 Å². The fourth-order valence-electron chi connectivity index (χ4n) is 1.67. The van der Waals surface area contributed by atoms with Crippen molar-refractivity contribution in [3.8, 4) is 0 Å². The van der Waals surface area contributed by atoms with Gasteiger partial charge in [-0.05, 0) is 24.3 Å². The summed E-state index contributed by atoms with van der Waals surface area (Å²) in [6, 6.07) is 7.24. The minimum atomic E-state index is -4.44. The van der Waals surface area contributed by atoms with Crippen LogP contribution in [0.1, 0.15) is 11.3 Å². The molecule has 0 saturated heterocycles. The van der Waals surface area contributed by atoms with E-state index in [1.165, 1.54) is 0 Å². The van der Waals surface area contributed by atoms with Crippen LogP contribution < -0.4 is 11.1 Å². The molecule has 3 N–H and O–H groups in total. The number of nitrogens with one attached hydrogen (secondary N) is 1. The topological polar surface area (TPSA) is 63.8 Å². The summed E-state index contributed by atoms with van der Waals surface area (Å²) in [5.74, 6) is -0.0617. The number of aromatic nitrogens is 2. The molecular weight excluding hydrogens is 269 g/mol. The number of rotatable bonds is 4. The van der Waals surface area contributed by atoms with E-state index in [9.17, 15) is 13.2 Å². The first-order valence-electron chi connectivity index (χ1n) is 5.94. The molecule has 0 bridgehead atoms. The van der Waals surface area contributed by atoms with Crippen LogP contribution in [0.25, 0.3) is 0 Å². The van der Waals surface area contributed by atoms with Crippen LogP contribution in [0.2, 0.25) is 0 Å². The number of halogens is 3. The maximum Gasteiger partial charge on any atom is 0.416 e. The lowest BCUT2D eigenvalue weighted by Crippen LogP contribution is -2.11. The molecule has 0 unspecified atom stereocenters. The summed E-state index contributed by atoms with van der Waals surface area (Å²) in [5, 5.41) is 2.82. The van der Waals surface area contributed by atoms with Gasteiger partial charge in [0.25, 0.3) is 0 Å². The summed E-state index contributed by atoms with van der Waals surface area (Å²) >= 11 is 0. The van der Waals surface area contributed by atoms with E-state index in [1.807, 2.05) is 12.1 Å². The van der Waals surface area contributed by atoms with Gasteiger partial charge in [-0.2, -0.15) is 13.2 Å². The van der Waals surface area contributed by atoms with Gasteiger partial charge in [-0.15, -0.1) is 0 Å². The molecule has 0 aliphatic heterocycles. The van der Waals surface area contributed by atoms with E-state index in [0.717, 1.165) is 17.8 Å². The Morgan fingerprint density at radius 2 is 2.00 bits per heavy atom. The van der Waals surface area contributed by atoms with Crippen LogP contribution >= 0.6 is 0 Å². The van der Waals surface area contributed by atoms with Gasteiger partial charge >= 0.3 is 6.18 Å². The molecule has 106 valence electrons. The third kappa shape index (κ3) is 3.84. The van der Waals surface area contributed by atoms with Crippen molar-refractivity contribution < 1.29 is 13.2 Å². The maximum absolute atomic E-state index is 12.6. The number of alkyl halides is 3. The normalized spacial score (nSPS) is 11.3. The van der Waals surface area contributed by atoms with Gasteiger partial charge in [0.15, 0.2) is 0 Å². The fourth-order valence-corrected chi connectivity index (χ4v) is 1.67. The zero-order valence-electron chi connectivity index (χ0n) is 10.5. The summed E-state index contributed by atoms with van der Waals surface area (Å²) in [6.07, 6.45) is -2.19. The standard InChI is InChI=1S/C13H13F3N4/c14-13(15,16)9-7-11(17)20-12(8-9)19-6-4-10-3-1-2-5-18-10/h1-3,5,7-8H,4,6H2,(H3,17,19,20). The molecule has 0 aliphatic rings. The minimum Gasteiger partial charge on any atom is -0.384 e. The zero-order chi connectivity index (χ0) is 14.6. The largest absolute Gasteiger partial charge is 0.416 e. The molecule has 0 atom stereocenters. The van der Waals surface area contributed by atoms with Crippen molar-refractivity contribution in [1.29, 1.82) is 0 Å². The van der Waals surface area contributed by atoms with Gasteiger partial charge in [0, 0.05) is 24.9 Å². The van der Waals surface area contributed by atoms with Crippen molar-refractivity contribution >= 4 is 11.6 Å². The number of hydrogen-bond acceptors (Lipinski definition) is 4. The summed E-state index contributed by atoms with van der Waals surface area (Å²) in [5.41, 5.74) is 5.41. The first kappa shape index (κ1) is 14.1. The van der Waals surface area contributed by atoms with Crippen LogP contribution in [0.4, 0.5) is 24.8 Å². The second kappa shape index (κ2) is 5.77.